The third-order valence-corrected chi connectivity index (χ3v) is 5.23. The molecule has 0 spiro atoms. The van der Waals surface area contributed by atoms with Crippen molar-refractivity contribution in [3.05, 3.63) is 29.0 Å². The molecule has 1 aliphatic rings. The van der Waals surface area contributed by atoms with Gasteiger partial charge in [-0.25, -0.2) is 4.98 Å². The van der Waals surface area contributed by atoms with E-state index in [9.17, 15) is 0 Å². The van der Waals surface area contributed by atoms with Gasteiger partial charge in [-0.05, 0) is 43.4 Å². The van der Waals surface area contributed by atoms with Gasteiger partial charge in [-0.2, -0.15) is 0 Å². The molecule has 2 nitrogen and oxygen atoms in total. The molecular formula is C17H22Cl2N2. The van der Waals surface area contributed by atoms with E-state index < -0.39 is 0 Å². The summed E-state index contributed by atoms with van der Waals surface area (Å²) >= 11 is 12.4. The lowest BCUT2D eigenvalue weighted by molar-refractivity contribution is 0.228. The Labute approximate surface area is 136 Å². The van der Waals surface area contributed by atoms with Gasteiger partial charge in [-0.15, -0.1) is 11.6 Å². The second-order valence-electron chi connectivity index (χ2n) is 6.35. The monoisotopic (exact) mass is 324 g/mol. The number of aromatic nitrogens is 2. The van der Waals surface area contributed by atoms with Crippen LogP contribution in [0.2, 0.25) is 5.02 Å². The molecule has 2 aromatic rings. The number of rotatable bonds is 3. The van der Waals surface area contributed by atoms with Crippen molar-refractivity contribution < 1.29 is 0 Å². The normalized spacial score (nSPS) is 24.4. The van der Waals surface area contributed by atoms with E-state index in [1.165, 1.54) is 25.7 Å². The Morgan fingerprint density at radius 2 is 2.10 bits per heavy atom. The van der Waals surface area contributed by atoms with Crippen LogP contribution in [-0.4, -0.2) is 9.55 Å². The van der Waals surface area contributed by atoms with Crippen molar-refractivity contribution in [2.24, 2.45) is 11.8 Å². The lowest BCUT2D eigenvalue weighted by Crippen LogP contribution is -2.23. The molecule has 0 radical (unpaired) electrons. The minimum Gasteiger partial charge on any atom is -0.326 e. The molecule has 1 saturated carbocycles. The highest BCUT2D eigenvalue weighted by Gasteiger charge is 2.24. The maximum Gasteiger partial charge on any atom is 0.127 e. The van der Waals surface area contributed by atoms with Crippen molar-refractivity contribution in [3.8, 4) is 0 Å². The molecule has 1 aromatic heterocycles. The molecule has 4 heteroatoms. The van der Waals surface area contributed by atoms with E-state index in [1.54, 1.807) is 0 Å². The van der Waals surface area contributed by atoms with Crippen LogP contribution in [-0.2, 0) is 6.54 Å². The Morgan fingerprint density at radius 1 is 1.33 bits per heavy atom. The molecule has 0 N–H and O–H groups in total. The first-order valence-electron chi connectivity index (χ1n) is 7.86. The van der Waals surface area contributed by atoms with Crippen LogP contribution in [0.3, 0.4) is 0 Å². The van der Waals surface area contributed by atoms with Crippen molar-refractivity contribution in [2.45, 2.75) is 51.5 Å². The SMILES string of the molecule is CC(Cl)c1nc2cc(Cl)ccc2n1CC1CCCCC1C. The Bertz CT molecular complexity index is 633. The number of hydrogen-bond acceptors (Lipinski definition) is 1. The molecule has 114 valence electrons. The molecule has 3 atom stereocenters. The molecule has 3 unspecified atom stereocenters. The molecule has 0 amide bonds. The van der Waals surface area contributed by atoms with Crippen molar-refractivity contribution in [2.75, 3.05) is 0 Å². The van der Waals surface area contributed by atoms with Crippen LogP contribution in [0.15, 0.2) is 18.2 Å². The van der Waals surface area contributed by atoms with E-state index in [4.69, 9.17) is 28.2 Å². The minimum absolute atomic E-state index is 0.0879. The number of alkyl halides is 1. The Morgan fingerprint density at radius 3 is 2.81 bits per heavy atom. The summed E-state index contributed by atoms with van der Waals surface area (Å²) in [4.78, 5) is 4.71. The van der Waals surface area contributed by atoms with E-state index >= 15 is 0 Å². The van der Waals surface area contributed by atoms with Crippen LogP contribution in [0, 0.1) is 11.8 Å². The zero-order valence-corrected chi connectivity index (χ0v) is 14.2. The van der Waals surface area contributed by atoms with Gasteiger partial charge in [-0.3, -0.25) is 0 Å². The van der Waals surface area contributed by atoms with Gasteiger partial charge >= 0.3 is 0 Å². The van der Waals surface area contributed by atoms with Gasteiger partial charge in [0.2, 0.25) is 0 Å². The smallest absolute Gasteiger partial charge is 0.127 e. The van der Waals surface area contributed by atoms with Crippen molar-refractivity contribution >= 4 is 34.2 Å². The molecule has 0 saturated heterocycles. The first-order valence-corrected chi connectivity index (χ1v) is 8.67. The third kappa shape index (κ3) is 3.07. The van der Waals surface area contributed by atoms with Crippen LogP contribution in [0.25, 0.3) is 11.0 Å². The lowest BCUT2D eigenvalue weighted by atomic mass is 9.80. The van der Waals surface area contributed by atoms with Gasteiger partial charge in [-0.1, -0.05) is 37.8 Å². The topological polar surface area (TPSA) is 17.8 Å². The highest BCUT2D eigenvalue weighted by molar-refractivity contribution is 6.31. The molecule has 0 aliphatic heterocycles. The quantitative estimate of drug-likeness (QED) is 0.651. The number of imidazole rings is 1. The van der Waals surface area contributed by atoms with Gasteiger partial charge in [0.15, 0.2) is 0 Å². The predicted molar refractivity (Wildman–Crippen MR) is 90.1 cm³/mol. The van der Waals surface area contributed by atoms with Crippen molar-refractivity contribution in [1.29, 1.82) is 0 Å². The van der Waals surface area contributed by atoms with Crippen LogP contribution in [0.5, 0.6) is 0 Å². The van der Waals surface area contributed by atoms with Gasteiger partial charge in [0.05, 0.1) is 16.4 Å². The second-order valence-corrected chi connectivity index (χ2v) is 7.44. The fourth-order valence-corrected chi connectivity index (χ4v) is 3.85. The second kappa shape index (κ2) is 6.18. The zero-order chi connectivity index (χ0) is 15.0. The number of benzene rings is 1. The van der Waals surface area contributed by atoms with Crippen LogP contribution in [0.4, 0.5) is 0 Å². The van der Waals surface area contributed by atoms with Gasteiger partial charge in [0.1, 0.15) is 5.82 Å². The maximum absolute atomic E-state index is 6.36. The first-order chi connectivity index (χ1) is 10.1. The predicted octanol–water partition coefficient (Wildman–Crippen LogP) is 5.82. The van der Waals surface area contributed by atoms with Crippen molar-refractivity contribution in [1.82, 2.24) is 9.55 Å². The summed E-state index contributed by atoms with van der Waals surface area (Å²) in [6.07, 6.45) is 5.37. The fraction of sp³-hybridized carbons (Fsp3) is 0.588. The third-order valence-electron chi connectivity index (χ3n) is 4.80. The molecule has 1 fully saturated rings. The van der Waals surface area contributed by atoms with Crippen molar-refractivity contribution in [3.63, 3.8) is 0 Å². The fourth-order valence-electron chi connectivity index (χ4n) is 3.52. The molecule has 1 heterocycles. The molecule has 1 aromatic carbocycles. The summed E-state index contributed by atoms with van der Waals surface area (Å²) < 4.78 is 2.32. The summed E-state index contributed by atoms with van der Waals surface area (Å²) in [5, 5.41) is 0.641. The van der Waals surface area contributed by atoms with Crippen LogP contribution < -0.4 is 0 Å². The molecule has 1 aliphatic carbocycles. The lowest BCUT2D eigenvalue weighted by Gasteiger charge is -2.30. The number of nitrogens with zero attached hydrogens (tertiary/aromatic N) is 2. The average molecular weight is 325 g/mol. The average Bonchev–Trinajstić information content (AvgIpc) is 2.79. The first kappa shape index (κ1) is 15.2. The molecular weight excluding hydrogens is 303 g/mol. The Kier molecular flexibility index (Phi) is 4.46. The van der Waals surface area contributed by atoms with E-state index in [0.29, 0.717) is 0 Å². The van der Waals surface area contributed by atoms with E-state index in [2.05, 4.69) is 17.6 Å². The molecule has 0 bridgehead atoms. The summed E-state index contributed by atoms with van der Waals surface area (Å²) in [7, 11) is 0. The number of fused-ring (bicyclic) bond motifs is 1. The summed E-state index contributed by atoms with van der Waals surface area (Å²) in [5.41, 5.74) is 2.10. The largest absolute Gasteiger partial charge is 0.326 e. The highest BCUT2D eigenvalue weighted by Crippen LogP contribution is 2.34. The van der Waals surface area contributed by atoms with Gasteiger partial charge < -0.3 is 4.57 Å². The van der Waals surface area contributed by atoms with E-state index in [0.717, 1.165) is 40.3 Å². The molecule has 21 heavy (non-hydrogen) atoms. The zero-order valence-electron chi connectivity index (χ0n) is 12.6. The van der Waals surface area contributed by atoms with Gasteiger partial charge in [0, 0.05) is 11.6 Å². The Balaban J connectivity index is 2.00. The summed E-state index contributed by atoms with van der Waals surface area (Å²) in [5.74, 6) is 2.47. The van der Waals surface area contributed by atoms with Gasteiger partial charge in [0.25, 0.3) is 0 Å². The standard InChI is InChI=1S/C17H22Cl2N2/c1-11-5-3-4-6-13(11)10-21-16-8-7-14(19)9-15(16)20-17(21)12(2)18/h7-9,11-13H,3-6,10H2,1-2H3. The van der Waals surface area contributed by atoms with Crippen LogP contribution >= 0.6 is 23.2 Å². The van der Waals surface area contributed by atoms with E-state index in [-0.39, 0.29) is 5.38 Å². The van der Waals surface area contributed by atoms with Crippen LogP contribution in [0.1, 0.15) is 50.7 Å². The maximum atomic E-state index is 6.36. The molecule has 3 rings (SSSR count). The Hall–Kier alpha value is -0.730. The summed E-state index contributed by atoms with van der Waals surface area (Å²) in [6, 6.07) is 5.94. The minimum atomic E-state index is -0.0879. The van der Waals surface area contributed by atoms with E-state index in [1.807, 2.05) is 19.1 Å². The number of hydrogen-bond donors (Lipinski definition) is 0. The highest BCUT2D eigenvalue weighted by atomic mass is 35.5. The number of halogens is 2. The summed E-state index contributed by atoms with van der Waals surface area (Å²) in [6.45, 7) is 5.39.